The Morgan fingerprint density at radius 2 is 2.35 bits per heavy atom. The van der Waals surface area contributed by atoms with E-state index in [1.807, 2.05) is 6.92 Å². The van der Waals surface area contributed by atoms with Crippen LogP contribution in [0.3, 0.4) is 0 Å². The van der Waals surface area contributed by atoms with Crippen molar-refractivity contribution in [2.75, 3.05) is 26.2 Å². The van der Waals surface area contributed by atoms with Gasteiger partial charge < -0.3 is 15.5 Å². The number of fused-ring (bicyclic) bond motifs is 1. The monoisotopic (exact) mass is 277 g/mol. The summed E-state index contributed by atoms with van der Waals surface area (Å²) in [5, 5.41) is 0.962. The fraction of sp³-hybridized carbons (Fsp3) is 0.467. The van der Waals surface area contributed by atoms with Crippen LogP contribution in [0.2, 0.25) is 0 Å². The van der Waals surface area contributed by atoms with Crippen molar-refractivity contribution in [2.45, 2.75) is 19.6 Å². The minimum atomic E-state index is -0.194. The lowest BCUT2D eigenvalue weighted by Crippen LogP contribution is -2.45. The van der Waals surface area contributed by atoms with Crippen LogP contribution in [0.5, 0.6) is 0 Å². The third kappa shape index (κ3) is 2.57. The summed E-state index contributed by atoms with van der Waals surface area (Å²) in [5.41, 5.74) is 8.92. The molecule has 0 radical (unpaired) electrons. The maximum absolute atomic E-state index is 13.3. The van der Waals surface area contributed by atoms with Crippen molar-refractivity contribution < 1.29 is 9.13 Å². The van der Waals surface area contributed by atoms with E-state index in [1.54, 1.807) is 12.1 Å². The maximum Gasteiger partial charge on any atom is 0.123 e. The summed E-state index contributed by atoms with van der Waals surface area (Å²) in [5.74, 6) is -0.194. The Hall–Kier alpha value is -1.43. The Balaban J connectivity index is 1.82. The molecule has 3 rings (SSSR count). The molecule has 1 aliphatic rings. The molecule has 1 fully saturated rings. The van der Waals surface area contributed by atoms with E-state index in [0.717, 1.165) is 48.4 Å². The van der Waals surface area contributed by atoms with Crippen molar-refractivity contribution in [2.24, 2.45) is 5.73 Å². The second-order valence-electron chi connectivity index (χ2n) is 5.38. The predicted molar refractivity (Wildman–Crippen MR) is 77.1 cm³/mol. The summed E-state index contributed by atoms with van der Waals surface area (Å²) in [6, 6.07) is 4.87. The standard InChI is InChI=1S/C15H20FN3O/c1-10-13-6-11(16)2-3-14(13)18-15(10)9-19-4-5-20-12(7-17)8-19/h2-3,6,12,18H,4-5,7-9,17H2,1H3/t12-/m0/s1. The molecule has 0 aliphatic carbocycles. The van der Waals surface area contributed by atoms with Gasteiger partial charge in [-0.15, -0.1) is 0 Å². The van der Waals surface area contributed by atoms with Crippen LogP contribution in [0.25, 0.3) is 10.9 Å². The van der Waals surface area contributed by atoms with Crippen LogP contribution in [-0.4, -0.2) is 42.2 Å². The minimum Gasteiger partial charge on any atom is -0.374 e. The van der Waals surface area contributed by atoms with E-state index in [4.69, 9.17) is 10.5 Å². The van der Waals surface area contributed by atoms with Gasteiger partial charge in [0.05, 0.1) is 12.7 Å². The first-order valence-corrected chi connectivity index (χ1v) is 6.98. The van der Waals surface area contributed by atoms with Gasteiger partial charge in [-0.1, -0.05) is 0 Å². The number of H-pyrrole nitrogens is 1. The molecule has 2 aromatic rings. The Morgan fingerprint density at radius 3 is 3.15 bits per heavy atom. The number of aromatic nitrogens is 1. The van der Waals surface area contributed by atoms with Crippen molar-refractivity contribution in [3.05, 3.63) is 35.3 Å². The molecule has 1 aromatic carbocycles. The highest BCUT2D eigenvalue weighted by molar-refractivity contribution is 5.84. The van der Waals surface area contributed by atoms with Crippen molar-refractivity contribution in [1.82, 2.24) is 9.88 Å². The number of benzene rings is 1. The second-order valence-corrected chi connectivity index (χ2v) is 5.38. The zero-order valence-electron chi connectivity index (χ0n) is 11.7. The molecule has 20 heavy (non-hydrogen) atoms. The van der Waals surface area contributed by atoms with Gasteiger partial charge >= 0.3 is 0 Å². The quantitative estimate of drug-likeness (QED) is 0.899. The second kappa shape index (κ2) is 5.52. The molecule has 0 spiro atoms. The van der Waals surface area contributed by atoms with Gasteiger partial charge in [0.25, 0.3) is 0 Å². The van der Waals surface area contributed by atoms with Crippen LogP contribution in [-0.2, 0) is 11.3 Å². The molecule has 1 atom stereocenters. The van der Waals surface area contributed by atoms with Gasteiger partial charge in [-0.3, -0.25) is 4.90 Å². The zero-order chi connectivity index (χ0) is 14.1. The van der Waals surface area contributed by atoms with Gasteiger partial charge in [0.2, 0.25) is 0 Å². The van der Waals surface area contributed by atoms with Gasteiger partial charge in [-0.25, -0.2) is 4.39 Å². The lowest BCUT2D eigenvalue weighted by molar-refractivity contribution is -0.0264. The first-order chi connectivity index (χ1) is 9.67. The topological polar surface area (TPSA) is 54.3 Å². The molecule has 5 heteroatoms. The summed E-state index contributed by atoms with van der Waals surface area (Å²) >= 11 is 0. The van der Waals surface area contributed by atoms with Crippen molar-refractivity contribution in [3.8, 4) is 0 Å². The molecule has 3 N–H and O–H groups in total. The van der Waals surface area contributed by atoms with E-state index < -0.39 is 0 Å². The van der Waals surface area contributed by atoms with Gasteiger partial charge in [0, 0.05) is 42.8 Å². The average Bonchev–Trinajstić information content (AvgIpc) is 2.76. The summed E-state index contributed by atoms with van der Waals surface area (Å²) in [4.78, 5) is 5.72. The van der Waals surface area contributed by atoms with Crippen molar-refractivity contribution in [3.63, 3.8) is 0 Å². The lowest BCUT2D eigenvalue weighted by atomic mass is 10.1. The van der Waals surface area contributed by atoms with Gasteiger partial charge in [-0.05, 0) is 30.7 Å². The number of aromatic amines is 1. The van der Waals surface area contributed by atoms with Gasteiger partial charge in [0.1, 0.15) is 5.82 Å². The molecule has 1 aromatic heterocycles. The molecular weight excluding hydrogens is 257 g/mol. The molecule has 1 saturated heterocycles. The summed E-state index contributed by atoms with van der Waals surface area (Å²) in [6.07, 6.45) is 0.117. The van der Waals surface area contributed by atoms with E-state index in [9.17, 15) is 4.39 Å². The van der Waals surface area contributed by atoms with E-state index in [-0.39, 0.29) is 11.9 Å². The number of nitrogens with one attached hydrogen (secondary N) is 1. The largest absolute Gasteiger partial charge is 0.374 e. The molecule has 1 aliphatic heterocycles. The van der Waals surface area contributed by atoms with Crippen molar-refractivity contribution in [1.29, 1.82) is 0 Å². The number of nitrogens with two attached hydrogens (primary N) is 1. The fourth-order valence-electron chi connectivity index (χ4n) is 2.80. The number of hydrogen-bond donors (Lipinski definition) is 2. The van der Waals surface area contributed by atoms with E-state index in [2.05, 4.69) is 9.88 Å². The molecule has 0 amide bonds. The maximum atomic E-state index is 13.3. The van der Waals surface area contributed by atoms with Gasteiger partial charge in [0.15, 0.2) is 0 Å². The number of morpholine rings is 1. The third-order valence-corrected chi connectivity index (χ3v) is 3.99. The average molecular weight is 277 g/mol. The zero-order valence-corrected chi connectivity index (χ0v) is 11.7. The normalized spacial score (nSPS) is 20.6. The van der Waals surface area contributed by atoms with E-state index in [0.29, 0.717) is 6.54 Å². The summed E-state index contributed by atoms with van der Waals surface area (Å²) < 4.78 is 18.9. The molecule has 4 nitrogen and oxygen atoms in total. The first kappa shape index (κ1) is 13.5. The summed E-state index contributed by atoms with van der Waals surface area (Å²) in [7, 11) is 0. The van der Waals surface area contributed by atoms with Crippen LogP contribution in [0.1, 0.15) is 11.3 Å². The van der Waals surface area contributed by atoms with Crippen molar-refractivity contribution >= 4 is 10.9 Å². The van der Waals surface area contributed by atoms with Crippen LogP contribution in [0.15, 0.2) is 18.2 Å². The SMILES string of the molecule is Cc1c(CN2CCO[C@@H](CN)C2)[nH]c2ccc(F)cc12. The number of aryl methyl sites for hydroxylation is 1. The molecule has 2 heterocycles. The van der Waals surface area contributed by atoms with Crippen LogP contribution in [0, 0.1) is 12.7 Å². The Kier molecular flexibility index (Phi) is 3.74. The highest BCUT2D eigenvalue weighted by atomic mass is 19.1. The molecular formula is C15H20FN3O. The van der Waals surface area contributed by atoms with E-state index in [1.165, 1.54) is 6.07 Å². The van der Waals surface area contributed by atoms with Crippen LogP contribution < -0.4 is 5.73 Å². The summed E-state index contributed by atoms with van der Waals surface area (Å²) in [6.45, 7) is 5.87. The molecule has 0 unspecified atom stereocenters. The minimum absolute atomic E-state index is 0.117. The highest BCUT2D eigenvalue weighted by Crippen LogP contribution is 2.24. The van der Waals surface area contributed by atoms with Crippen LogP contribution in [0.4, 0.5) is 4.39 Å². The number of rotatable bonds is 3. The molecule has 0 bridgehead atoms. The number of hydrogen-bond acceptors (Lipinski definition) is 3. The smallest absolute Gasteiger partial charge is 0.123 e. The number of ether oxygens (including phenoxy) is 1. The molecule has 108 valence electrons. The van der Waals surface area contributed by atoms with E-state index >= 15 is 0 Å². The highest BCUT2D eigenvalue weighted by Gasteiger charge is 2.20. The Morgan fingerprint density at radius 1 is 1.50 bits per heavy atom. The van der Waals surface area contributed by atoms with Crippen LogP contribution >= 0.6 is 0 Å². The Labute approximate surface area is 117 Å². The third-order valence-electron chi connectivity index (χ3n) is 3.99. The first-order valence-electron chi connectivity index (χ1n) is 6.98. The fourth-order valence-corrected chi connectivity index (χ4v) is 2.80. The lowest BCUT2D eigenvalue weighted by Gasteiger charge is -2.32. The molecule has 0 saturated carbocycles. The predicted octanol–water partition coefficient (Wildman–Crippen LogP) is 1.77. The number of nitrogens with zero attached hydrogens (tertiary/aromatic N) is 1. The number of halogens is 1. The van der Waals surface area contributed by atoms with Gasteiger partial charge in [-0.2, -0.15) is 0 Å². The Bertz CT molecular complexity index is 610.